The fraction of sp³-hybridized carbons (Fsp3) is 0.533. The van der Waals surface area contributed by atoms with Crippen molar-refractivity contribution in [1.29, 1.82) is 0 Å². The second kappa shape index (κ2) is 6.79. The largest absolute Gasteiger partial charge is 0.325 e. The van der Waals surface area contributed by atoms with Gasteiger partial charge in [0.05, 0.1) is 6.04 Å². The summed E-state index contributed by atoms with van der Waals surface area (Å²) in [4.78, 5) is 12.2. The lowest BCUT2D eigenvalue weighted by Crippen LogP contribution is -2.39. The van der Waals surface area contributed by atoms with E-state index < -0.39 is 0 Å². The van der Waals surface area contributed by atoms with Gasteiger partial charge in [-0.25, -0.2) is 0 Å². The number of benzene rings is 1. The number of nitrogens with one attached hydrogen (secondary N) is 2. The molecule has 110 valence electrons. The highest BCUT2D eigenvalue weighted by molar-refractivity contribution is 6.30. The quantitative estimate of drug-likeness (QED) is 0.875. The maximum absolute atomic E-state index is 12.2. The number of amides is 1. The van der Waals surface area contributed by atoms with E-state index in [1.807, 2.05) is 12.1 Å². The summed E-state index contributed by atoms with van der Waals surface area (Å²) in [6, 6.07) is 7.76. The molecule has 3 unspecified atom stereocenters. The Labute approximate surface area is 130 Å². The number of anilines is 1. The second-order valence-electron chi connectivity index (χ2n) is 5.60. The number of hydrogen-bond acceptors (Lipinski definition) is 2. The molecule has 5 heteroatoms. The predicted molar refractivity (Wildman–Crippen MR) is 84.6 cm³/mol. The predicted octanol–water partition coefficient (Wildman–Crippen LogP) is 3.62. The van der Waals surface area contributed by atoms with Crippen LogP contribution in [0.3, 0.4) is 0 Å². The molecule has 1 saturated carbocycles. The molecule has 1 aromatic rings. The molecule has 3 atom stereocenters. The first-order chi connectivity index (χ1) is 9.22. The van der Waals surface area contributed by atoms with Crippen molar-refractivity contribution < 1.29 is 4.79 Å². The third kappa shape index (κ3) is 3.46. The maximum atomic E-state index is 12.2. The van der Waals surface area contributed by atoms with Crippen molar-refractivity contribution in [3.8, 4) is 0 Å². The summed E-state index contributed by atoms with van der Waals surface area (Å²) < 4.78 is 0. The highest BCUT2D eigenvalue weighted by Crippen LogP contribution is 2.33. The van der Waals surface area contributed by atoms with Crippen molar-refractivity contribution >= 4 is 35.6 Å². The molecule has 1 aromatic carbocycles. The van der Waals surface area contributed by atoms with E-state index in [9.17, 15) is 4.79 Å². The Kier molecular flexibility index (Phi) is 5.30. The molecular formula is C15H20Cl2N2O. The maximum Gasteiger partial charge on any atom is 0.241 e. The van der Waals surface area contributed by atoms with Crippen LogP contribution in [0.5, 0.6) is 0 Å². The van der Waals surface area contributed by atoms with Gasteiger partial charge in [-0.2, -0.15) is 0 Å². The minimum absolute atomic E-state index is 0. The molecule has 0 spiro atoms. The third-order valence-corrected chi connectivity index (χ3v) is 4.54. The molecule has 0 bridgehead atoms. The van der Waals surface area contributed by atoms with Crippen LogP contribution in [-0.4, -0.2) is 18.0 Å². The lowest BCUT2D eigenvalue weighted by Gasteiger charge is -2.24. The van der Waals surface area contributed by atoms with Gasteiger partial charge in [0.1, 0.15) is 0 Å². The summed E-state index contributed by atoms with van der Waals surface area (Å²) in [5, 5.41) is 7.13. The zero-order valence-electron chi connectivity index (χ0n) is 11.3. The number of rotatable bonds is 2. The molecule has 1 heterocycles. The van der Waals surface area contributed by atoms with Crippen LogP contribution in [0, 0.1) is 5.92 Å². The van der Waals surface area contributed by atoms with Crippen molar-refractivity contribution in [2.45, 2.75) is 44.2 Å². The molecule has 1 saturated heterocycles. The van der Waals surface area contributed by atoms with Gasteiger partial charge in [-0.15, -0.1) is 12.4 Å². The van der Waals surface area contributed by atoms with Gasteiger partial charge in [-0.1, -0.05) is 24.4 Å². The summed E-state index contributed by atoms with van der Waals surface area (Å²) in [5.41, 5.74) is 0.811. The Hall–Kier alpha value is -0.770. The van der Waals surface area contributed by atoms with Crippen LogP contribution in [0.25, 0.3) is 0 Å². The van der Waals surface area contributed by atoms with Crippen LogP contribution in [-0.2, 0) is 4.79 Å². The monoisotopic (exact) mass is 314 g/mol. The average molecular weight is 315 g/mol. The molecule has 20 heavy (non-hydrogen) atoms. The Morgan fingerprint density at radius 3 is 2.60 bits per heavy atom. The van der Waals surface area contributed by atoms with E-state index in [1.54, 1.807) is 12.1 Å². The van der Waals surface area contributed by atoms with E-state index in [4.69, 9.17) is 11.6 Å². The van der Waals surface area contributed by atoms with E-state index in [0.717, 1.165) is 12.1 Å². The molecule has 2 fully saturated rings. The first-order valence-electron chi connectivity index (χ1n) is 7.05. The van der Waals surface area contributed by atoms with Crippen LogP contribution < -0.4 is 10.6 Å². The smallest absolute Gasteiger partial charge is 0.241 e. The van der Waals surface area contributed by atoms with Gasteiger partial charge >= 0.3 is 0 Å². The summed E-state index contributed by atoms with van der Waals surface area (Å²) >= 11 is 5.83. The van der Waals surface area contributed by atoms with Crippen molar-refractivity contribution in [2.75, 3.05) is 5.32 Å². The molecule has 1 amide bonds. The standard InChI is InChI=1S/C15H19ClN2O.ClH/c16-11-5-7-12(8-6-11)17-15(19)14-9-10-3-1-2-4-13(10)18-14;/h5-8,10,13-14,18H,1-4,9H2,(H,17,19);1H. The Morgan fingerprint density at radius 2 is 1.90 bits per heavy atom. The van der Waals surface area contributed by atoms with Crippen molar-refractivity contribution in [1.82, 2.24) is 5.32 Å². The molecule has 1 aliphatic carbocycles. The summed E-state index contributed by atoms with van der Waals surface area (Å²) in [6.07, 6.45) is 6.07. The lowest BCUT2D eigenvalue weighted by atomic mass is 9.85. The molecule has 0 radical (unpaired) electrons. The van der Waals surface area contributed by atoms with Crippen LogP contribution in [0.2, 0.25) is 5.02 Å². The normalized spacial score (nSPS) is 28.4. The molecule has 3 nitrogen and oxygen atoms in total. The van der Waals surface area contributed by atoms with Gasteiger partial charge < -0.3 is 10.6 Å². The Bertz CT molecular complexity index is 449. The highest BCUT2D eigenvalue weighted by Gasteiger charge is 2.38. The Morgan fingerprint density at radius 1 is 1.20 bits per heavy atom. The van der Waals surface area contributed by atoms with E-state index in [1.165, 1.54) is 25.7 Å². The highest BCUT2D eigenvalue weighted by atomic mass is 35.5. The van der Waals surface area contributed by atoms with Gasteiger partial charge in [0.2, 0.25) is 5.91 Å². The van der Waals surface area contributed by atoms with Crippen LogP contribution in [0.4, 0.5) is 5.69 Å². The third-order valence-electron chi connectivity index (χ3n) is 4.29. The van der Waals surface area contributed by atoms with Gasteiger partial charge in [-0.05, 0) is 49.4 Å². The van der Waals surface area contributed by atoms with Crippen LogP contribution in [0.1, 0.15) is 32.1 Å². The first-order valence-corrected chi connectivity index (χ1v) is 7.42. The van der Waals surface area contributed by atoms with E-state index in [0.29, 0.717) is 17.0 Å². The van der Waals surface area contributed by atoms with Crippen molar-refractivity contribution in [3.63, 3.8) is 0 Å². The molecule has 1 aliphatic heterocycles. The topological polar surface area (TPSA) is 41.1 Å². The zero-order valence-corrected chi connectivity index (χ0v) is 12.8. The number of carbonyl (C=O) groups excluding carboxylic acids is 1. The summed E-state index contributed by atoms with van der Waals surface area (Å²) in [7, 11) is 0. The van der Waals surface area contributed by atoms with Gasteiger partial charge in [0.25, 0.3) is 0 Å². The first kappa shape index (κ1) is 15.6. The van der Waals surface area contributed by atoms with E-state index in [-0.39, 0.29) is 24.4 Å². The van der Waals surface area contributed by atoms with Crippen LogP contribution in [0.15, 0.2) is 24.3 Å². The lowest BCUT2D eigenvalue weighted by molar-refractivity contribution is -0.117. The van der Waals surface area contributed by atoms with Gasteiger partial charge in [0, 0.05) is 16.8 Å². The fourth-order valence-electron chi connectivity index (χ4n) is 3.28. The van der Waals surface area contributed by atoms with E-state index >= 15 is 0 Å². The summed E-state index contributed by atoms with van der Waals surface area (Å²) in [5.74, 6) is 0.770. The fourth-order valence-corrected chi connectivity index (χ4v) is 3.41. The molecule has 2 N–H and O–H groups in total. The second-order valence-corrected chi connectivity index (χ2v) is 6.04. The molecule has 2 aliphatic rings. The molecule has 3 rings (SSSR count). The average Bonchev–Trinajstić information content (AvgIpc) is 2.85. The number of halogens is 2. The zero-order chi connectivity index (χ0) is 13.2. The SMILES string of the molecule is Cl.O=C(Nc1ccc(Cl)cc1)C1CC2CCCCC2N1. The minimum atomic E-state index is -0.0382. The number of fused-ring (bicyclic) bond motifs is 1. The van der Waals surface area contributed by atoms with Crippen molar-refractivity contribution in [3.05, 3.63) is 29.3 Å². The molecule has 0 aromatic heterocycles. The minimum Gasteiger partial charge on any atom is -0.325 e. The van der Waals surface area contributed by atoms with E-state index in [2.05, 4.69) is 10.6 Å². The molecular weight excluding hydrogens is 295 g/mol. The number of hydrogen-bond donors (Lipinski definition) is 2. The summed E-state index contributed by atoms with van der Waals surface area (Å²) in [6.45, 7) is 0. The van der Waals surface area contributed by atoms with Crippen LogP contribution >= 0.6 is 24.0 Å². The van der Waals surface area contributed by atoms with Gasteiger partial charge in [0.15, 0.2) is 0 Å². The number of carbonyl (C=O) groups is 1. The Balaban J connectivity index is 0.00000147. The van der Waals surface area contributed by atoms with Crippen molar-refractivity contribution in [2.24, 2.45) is 5.92 Å². The van der Waals surface area contributed by atoms with Gasteiger partial charge in [-0.3, -0.25) is 4.79 Å².